The van der Waals surface area contributed by atoms with Crippen LogP contribution < -0.4 is 5.32 Å². The SMILES string of the molecule is FC(CC1CNC1)c1cccc(C(F)(F)F)c1. The number of hydrogen-bond donors (Lipinski definition) is 1. The van der Waals surface area contributed by atoms with Crippen LogP contribution in [0.5, 0.6) is 0 Å². The predicted molar refractivity (Wildman–Crippen MR) is 56.3 cm³/mol. The largest absolute Gasteiger partial charge is 0.416 e. The molecule has 1 aromatic carbocycles. The molecule has 1 aromatic rings. The lowest BCUT2D eigenvalue weighted by atomic mass is 9.93. The van der Waals surface area contributed by atoms with Crippen LogP contribution >= 0.6 is 0 Å². The van der Waals surface area contributed by atoms with Gasteiger partial charge in [0.15, 0.2) is 0 Å². The van der Waals surface area contributed by atoms with Crippen molar-refractivity contribution in [3.05, 3.63) is 35.4 Å². The summed E-state index contributed by atoms with van der Waals surface area (Å²) >= 11 is 0. The first-order valence-electron chi connectivity index (χ1n) is 5.49. The molecule has 1 saturated heterocycles. The number of rotatable bonds is 3. The molecular weight excluding hydrogens is 234 g/mol. The van der Waals surface area contributed by atoms with E-state index in [2.05, 4.69) is 5.32 Å². The van der Waals surface area contributed by atoms with Gasteiger partial charge in [0.2, 0.25) is 0 Å². The summed E-state index contributed by atoms with van der Waals surface area (Å²) in [6.07, 6.45) is -5.44. The summed E-state index contributed by atoms with van der Waals surface area (Å²) in [5, 5.41) is 3.01. The molecule has 1 N–H and O–H groups in total. The van der Waals surface area contributed by atoms with Crippen molar-refractivity contribution in [2.45, 2.75) is 18.8 Å². The third-order valence-corrected chi connectivity index (χ3v) is 2.98. The van der Waals surface area contributed by atoms with E-state index in [1.165, 1.54) is 12.1 Å². The maximum absolute atomic E-state index is 13.8. The predicted octanol–water partition coefficient (Wildman–Crippen LogP) is 3.33. The van der Waals surface area contributed by atoms with Gasteiger partial charge in [0, 0.05) is 0 Å². The fraction of sp³-hybridized carbons (Fsp3) is 0.500. The van der Waals surface area contributed by atoms with E-state index in [0.29, 0.717) is 0 Å². The van der Waals surface area contributed by atoms with E-state index in [0.717, 1.165) is 25.2 Å². The first kappa shape index (κ1) is 12.4. The van der Waals surface area contributed by atoms with Crippen molar-refractivity contribution in [3.63, 3.8) is 0 Å². The minimum Gasteiger partial charge on any atom is -0.316 e. The summed E-state index contributed by atoms with van der Waals surface area (Å²) in [7, 11) is 0. The molecule has 1 fully saturated rings. The van der Waals surface area contributed by atoms with Crippen LogP contribution in [-0.2, 0) is 6.18 Å². The molecular formula is C12H13F4N. The summed E-state index contributed by atoms with van der Waals surface area (Å²) in [6, 6.07) is 4.52. The summed E-state index contributed by atoms with van der Waals surface area (Å²) in [5.41, 5.74) is -0.670. The lowest BCUT2D eigenvalue weighted by molar-refractivity contribution is -0.137. The van der Waals surface area contributed by atoms with Crippen LogP contribution in [0.1, 0.15) is 23.7 Å². The molecule has 1 nitrogen and oxygen atoms in total. The van der Waals surface area contributed by atoms with Gasteiger partial charge in [0.1, 0.15) is 6.17 Å². The molecule has 1 aliphatic rings. The zero-order valence-electron chi connectivity index (χ0n) is 9.10. The van der Waals surface area contributed by atoms with E-state index in [4.69, 9.17) is 0 Å². The molecule has 1 heterocycles. The minimum absolute atomic E-state index is 0.117. The third kappa shape index (κ3) is 2.97. The zero-order valence-corrected chi connectivity index (χ0v) is 9.10. The van der Waals surface area contributed by atoms with Crippen LogP contribution in [0.4, 0.5) is 17.6 Å². The Hall–Kier alpha value is -1.10. The van der Waals surface area contributed by atoms with Gasteiger partial charge in [-0.2, -0.15) is 13.2 Å². The molecule has 0 spiro atoms. The van der Waals surface area contributed by atoms with Gasteiger partial charge in [-0.05, 0) is 43.1 Å². The van der Waals surface area contributed by atoms with Crippen LogP contribution in [0.3, 0.4) is 0 Å². The van der Waals surface area contributed by atoms with Crippen LogP contribution in [-0.4, -0.2) is 13.1 Å². The highest BCUT2D eigenvalue weighted by Gasteiger charge is 2.31. The molecule has 1 aliphatic heterocycles. The second-order valence-electron chi connectivity index (χ2n) is 4.35. The van der Waals surface area contributed by atoms with Crippen molar-refractivity contribution in [1.29, 1.82) is 0 Å². The maximum Gasteiger partial charge on any atom is 0.416 e. The van der Waals surface area contributed by atoms with Crippen molar-refractivity contribution in [2.24, 2.45) is 5.92 Å². The van der Waals surface area contributed by atoms with Gasteiger partial charge in [0.25, 0.3) is 0 Å². The first-order chi connectivity index (χ1) is 7.97. The summed E-state index contributed by atoms with van der Waals surface area (Å²) in [6.45, 7) is 1.50. The average molecular weight is 247 g/mol. The lowest BCUT2D eigenvalue weighted by Crippen LogP contribution is -2.42. The Morgan fingerprint density at radius 2 is 2.00 bits per heavy atom. The monoisotopic (exact) mass is 247 g/mol. The zero-order chi connectivity index (χ0) is 12.5. The molecule has 0 aromatic heterocycles. The van der Waals surface area contributed by atoms with Crippen molar-refractivity contribution >= 4 is 0 Å². The molecule has 0 bridgehead atoms. The van der Waals surface area contributed by atoms with E-state index in [1.54, 1.807) is 0 Å². The van der Waals surface area contributed by atoms with Crippen molar-refractivity contribution in [2.75, 3.05) is 13.1 Å². The van der Waals surface area contributed by atoms with E-state index in [1.807, 2.05) is 0 Å². The van der Waals surface area contributed by atoms with E-state index < -0.39 is 17.9 Å². The van der Waals surface area contributed by atoms with Gasteiger partial charge in [-0.15, -0.1) is 0 Å². The molecule has 0 saturated carbocycles. The van der Waals surface area contributed by atoms with Gasteiger partial charge >= 0.3 is 6.18 Å². The van der Waals surface area contributed by atoms with Crippen molar-refractivity contribution in [3.8, 4) is 0 Å². The van der Waals surface area contributed by atoms with Crippen LogP contribution in [0.15, 0.2) is 24.3 Å². The topological polar surface area (TPSA) is 12.0 Å². The fourth-order valence-corrected chi connectivity index (χ4v) is 1.85. The van der Waals surface area contributed by atoms with Crippen molar-refractivity contribution in [1.82, 2.24) is 5.32 Å². The second kappa shape index (κ2) is 4.64. The second-order valence-corrected chi connectivity index (χ2v) is 4.35. The first-order valence-corrected chi connectivity index (χ1v) is 5.49. The molecule has 0 aliphatic carbocycles. The minimum atomic E-state index is -4.41. The van der Waals surface area contributed by atoms with E-state index in [-0.39, 0.29) is 17.9 Å². The standard InChI is InChI=1S/C12H13F4N/c13-11(4-8-6-17-7-8)9-2-1-3-10(5-9)12(14,15)16/h1-3,5,8,11,17H,4,6-7H2. The normalized spacial score (nSPS) is 18.8. The quantitative estimate of drug-likeness (QED) is 0.808. The average Bonchev–Trinajstić information content (AvgIpc) is 2.22. The Labute approximate surface area is 96.8 Å². The summed E-state index contributed by atoms with van der Waals surface area (Å²) in [4.78, 5) is 0. The number of nitrogens with one attached hydrogen (secondary N) is 1. The molecule has 17 heavy (non-hydrogen) atoms. The molecule has 0 amide bonds. The maximum atomic E-state index is 13.8. The molecule has 94 valence electrons. The lowest BCUT2D eigenvalue weighted by Gasteiger charge is -2.28. The Kier molecular flexibility index (Phi) is 3.38. The van der Waals surface area contributed by atoms with Gasteiger partial charge < -0.3 is 5.32 Å². The third-order valence-electron chi connectivity index (χ3n) is 2.98. The summed E-state index contributed by atoms with van der Waals surface area (Å²) < 4.78 is 51.1. The van der Waals surface area contributed by atoms with Gasteiger partial charge in [-0.25, -0.2) is 4.39 Å². The van der Waals surface area contributed by atoms with Crippen LogP contribution in [0, 0.1) is 5.92 Å². The van der Waals surface area contributed by atoms with Crippen LogP contribution in [0.25, 0.3) is 0 Å². The summed E-state index contributed by atoms with van der Waals surface area (Å²) in [5.74, 6) is 0.236. The molecule has 1 unspecified atom stereocenters. The highest BCUT2D eigenvalue weighted by Crippen LogP contribution is 2.33. The number of alkyl halides is 4. The highest BCUT2D eigenvalue weighted by molar-refractivity contribution is 5.27. The van der Waals surface area contributed by atoms with Gasteiger partial charge in [-0.3, -0.25) is 0 Å². The van der Waals surface area contributed by atoms with Gasteiger partial charge in [-0.1, -0.05) is 12.1 Å². The fourth-order valence-electron chi connectivity index (χ4n) is 1.85. The Balaban J connectivity index is 2.09. The Bertz CT molecular complexity index is 384. The molecule has 2 rings (SSSR count). The Morgan fingerprint density at radius 1 is 1.29 bits per heavy atom. The van der Waals surface area contributed by atoms with E-state index in [9.17, 15) is 17.6 Å². The number of benzene rings is 1. The highest BCUT2D eigenvalue weighted by atomic mass is 19.4. The smallest absolute Gasteiger partial charge is 0.316 e. The van der Waals surface area contributed by atoms with Gasteiger partial charge in [0.05, 0.1) is 5.56 Å². The molecule has 0 radical (unpaired) electrons. The van der Waals surface area contributed by atoms with E-state index >= 15 is 0 Å². The van der Waals surface area contributed by atoms with Crippen LogP contribution in [0.2, 0.25) is 0 Å². The number of halogens is 4. The number of hydrogen-bond acceptors (Lipinski definition) is 1. The molecule has 5 heteroatoms. The van der Waals surface area contributed by atoms with Crippen molar-refractivity contribution < 1.29 is 17.6 Å². The molecule has 1 atom stereocenters. The Morgan fingerprint density at radius 3 is 2.53 bits per heavy atom.